The quantitative estimate of drug-likeness (QED) is 0.599. The summed E-state index contributed by atoms with van der Waals surface area (Å²) in [7, 11) is 0. The number of carbonyl (C=O) groups is 2. The van der Waals surface area contributed by atoms with Crippen molar-refractivity contribution in [3.05, 3.63) is 35.4 Å². The molecule has 120 valence electrons. The highest BCUT2D eigenvalue weighted by Crippen LogP contribution is 2.27. The number of aldehydes is 1. The van der Waals surface area contributed by atoms with Crippen LogP contribution >= 0.6 is 0 Å². The minimum absolute atomic E-state index is 0.00231. The second-order valence-corrected chi connectivity index (χ2v) is 6.88. The molecule has 0 atom stereocenters. The van der Waals surface area contributed by atoms with Crippen molar-refractivity contribution >= 4 is 23.9 Å². The average Bonchev–Trinajstić information content (AvgIpc) is 2.70. The van der Waals surface area contributed by atoms with Gasteiger partial charge in [0, 0.05) is 11.0 Å². The maximum absolute atomic E-state index is 10.8. The molecular formula is C19H26O3. The Morgan fingerprint density at radius 2 is 1.95 bits per heavy atom. The van der Waals surface area contributed by atoms with Gasteiger partial charge in [-0.1, -0.05) is 52.8 Å². The molecule has 1 aromatic rings. The Hall–Kier alpha value is -1.90. The third-order valence-electron chi connectivity index (χ3n) is 3.15. The van der Waals surface area contributed by atoms with Gasteiger partial charge >= 0.3 is 0 Å². The number of fused-ring (bicyclic) bond motifs is 2. The zero-order chi connectivity index (χ0) is 16.8. The van der Waals surface area contributed by atoms with Crippen LogP contribution in [0.15, 0.2) is 24.3 Å². The predicted molar refractivity (Wildman–Crippen MR) is 90.2 cm³/mol. The van der Waals surface area contributed by atoms with Crippen molar-refractivity contribution in [3.63, 3.8) is 0 Å². The van der Waals surface area contributed by atoms with Crippen LogP contribution in [0.3, 0.4) is 0 Å². The molecule has 0 unspecified atom stereocenters. The fourth-order valence-electron chi connectivity index (χ4n) is 1.78. The highest BCUT2D eigenvalue weighted by atomic mass is 16.5. The average molecular weight is 302 g/mol. The van der Waals surface area contributed by atoms with Crippen molar-refractivity contribution in [2.45, 2.75) is 41.0 Å². The molecule has 3 nitrogen and oxygen atoms in total. The maximum atomic E-state index is 10.8. The molecule has 0 spiro atoms. The Kier molecular flexibility index (Phi) is 6.54. The van der Waals surface area contributed by atoms with Gasteiger partial charge in [0.1, 0.15) is 17.8 Å². The van der Waals surface area contributed by atoms with Crippen molar-refractivity contribution < 1.29 is 14.3 Å². The van der Waals surface area contributed by atoms with Gasteiger partial charge in [-0.15, -0.1) is 0 Å². The van der Waals surface area contributed by atoms with Crippen molar-refractivity contribution in [2.24, 2.45) is 11.3 Å². The third-order valence-corrected chi connectivity index (χ3v) is 3.15. The second-order valence-electron chi connectivity index (χ2n) is 6.88. The van der Waals surface area contributed by atoms with E-state index in [9.17, 15) is 9.59 Å². The minimum Gasteiger partial charge on any atom is -0.493 e. The lowest BCUT2D eigenvalue weighted by molar-refractivity contribution is -0.128. The van der Waals surface area contributed by atoms with E-state index in [1.807, 2.05) is 0 Å². The molecule has 0 saturated heterocycles. The van der Waals surface area contributed by atoms with Crippen LogP contribution in [0.1, 0.15) is 52.2 Å². The van der Waals surface area contributed by atoms with Crippen LogP contribution in [0.2, 0.25) is 0 Å². The first-order chi connectivity index (χ1) is 10.2. The summed E-state index contributed by atoms with van der Waals surface area (Å²) in [5, 5.41) is 0. The predicted octanol–water partition coefficient (Wildman–Crippen LogP) is 4.36. The van der Waals surface area contributed by atoms with E-state index in [1.54, 1.807) is 20.8 Å². The molecule has 0 amide bonds. The van der Waals surface area contributed by atoms with Crippen molar-refractivity contribution in [3.8, 4) is 0 Å². The number of benzene rings is 1. The molecule has 1 aromatic carbocycles. The number of carbonyl (C=O) groups excluding carboxylic acids is 2. The molecule has 0 fully saturated rings. The van der Waals surface area contributed by atoms with Crippen LogP contribution < -0.4 is 0 Å². The molecule has 22 heavy (non-hydrogen) atoms. The smallest absolute Gasteiger partial charge is 0.145 e. The standard InChI is InChI=1S/C12H14O.C7H12O2/c1-9(2)8-13-12-7-10-4-3-5-11(12)6-10;1-7(2,3)6(9)4-5-8/h3-7,9H,8H2,1-2H3;5H,4H2,1-3H3. The summed E-state index contributed by atoms with van der Waals surface area (Å²) < 4.78 is 5.68. The van der Waals surface area contributed by atoms with E-state index in [0.29, 0.717) is 12.2 Å². The van der Waals surface area contributed by atoms with Crippen LogP contribution in [-0.4, -0.2) is 18.7 Å². The minimum atomic E-state index is -0.360. The monoisotopic (exact) mass is 302 g/mol. The van der Waals surface area contributed by atoms with Crippen molar-refractivity contribution in [2.75, 3.05) is 6.61 Å². The molecule has 3 heteroatoms. The fraction of sp³-hybridized carbons (Fsp3) is 0.474. The van der Waals surface area contributed by atoms with E-state index in [2.05, 4.69) is 44.2 Å². The Morgan fingerprint density at radius 3 is 2.41 bits per heavy atom. The van der Waals surface area contributed by atoms with Crippen LogP contribution in [0.5, 0.6) is 0 Å². The first kappa shape index (κ1) is 18.1. The maximum Gasteiger partial charge on any atom is 0.145 e. The van der Waals surface area contributed by atoms with Gasteiger partial charge in [-0.25, -0.2) is 0 Å². The normalized spacial score (nSPS) is 12.4. The van der Waals surface area contributed by atoms with Crippen LogP contribution in [0.4, 0.5) is 0 Å². The number of ketones is 1. The Bertz CT molecular complexity index is 548. The van der Waals surface area contributed by atoms with E-state index < -0.39 is 0 Å². The van der Waals surface area contributed by atoms with E-state index >= 15 is 0 Å². The summed E-state index contributed by atoms with van der Waals surface area (Å²) in [6, 6.07) is 8.39. The number of hydrogen-bond acceptors (Lipinski definition) is 3. The van der Waals surface area contributed by atoms with Crippen LogP contribution in [0.25, 0.3) is 11.8 Å². The molecule has 0 saturated carbocycles. The zero-order valence-electron chi connectivity index (χ0n) is 14.2. The van der Waals surface area contributed by atoms with Crippen LogP contribution in [-0.2, 0) is 14.3 Å². The molecule has 2 bridgehead atoms. The molecule has 1 aliphatic rings. The fourth-order valence-corrected chi connectivity index (χ4v) is 1.78. The van der Waals surface area contributed by atoms with Gasteiger partial charge in [-0.05, 0) is 23.6 Å². The molecule has 1 aliphatic carbocycles. The summed E-state index contributed by atoms with van der Waals surface area (Å²) in [6.07, 6.45) is 2.79. The number of hydrogen-bond donors (Lipinski definition) is 0. The SMILES string of the molecule is CC(C)(C)C(=O)CC=O.CC(C)COC1=Cc2cccc1c2. The number of rotatable bonds is 5. The van der Waals surface area contributed by atoms with Gasteiger partial charge in [0.2, 0.25) is 0 Å². The summed E-state index contributed by atoms with van der Waals surface area (Å²) >= 11 is 0. The number of Topliss-reactive ketones (excluding diaryl/α,β-unsaturated/α-hetero) is 1. The Morgan fingerprint density at radius 1 is 1.27 bits per heavy atom. The Balaban J connectivity index is 0.000000239. The lowest BCUT2D eigenvalue weighted by Gasteiger charge is -2.13. The second kappa shape index (κ2) is 7.92. The highest BCUT2D eigenvalue weighted by molar-refractivity contribution is 5.93. The van der Waals surface area contributed by atoms with Gasteiger partial charge in [0.25, 0.3) is 0 Å². The summed E-state index contributed by atoms with van der Waals surface area (Å²) in [5.41, 5.74) is 2.09. The molecule has 0 aliphatic heterocycles. The largest absolute Gasteiger partial charge is 0.493 e. The highest BCUT2D eigenvalue weighted by Gasteiger charge is 2.19. The van der Waals surface area contributed by atoms with Gasteiger partial charge in [0.15, 0.2) is 0 Å². The van der Waals surface area contributed by atoms with Gasteiger partial charge in [-0.2, -0.15) is 0 Å². The summed E-state index contributed by atoms with van der Waals surface area (Å²) in [6.45, 7) is 10.5. The molecule has 2 rings (SSSR count). The molecule has 0 radical (unpaired) electrons. The summed E-state index contributed by atoms with van der Waals surface area (Å²) in [5.74, 6) is 1.60. The van der Waals surface area contributed by atoms with E-state index in [0.717, 1.165) is 12.4 Å². The molecule has 0 aromatic heterocycles. The van der Waals surface area contributed by atoms with E-state index in [-0.39, 0.29) is 17.6 Å². The first-order valence-electron chi connectivity index (χ1n) is 7.66. The van der Waals surface area contributed by atoms with E-state index in [1.165, 1.54) is 11.1 Å². The lowest BCUT2D eigenvalue weighted by Crippen LogP contribution is -2.19. The summed E-state index contributed by atoms with van der Waals surface area (Å²) in [4.78, 5) is 20.7. The lowest BCUT2D eigenvalue weighted by atomic mass is 9.89. The molecule has 0 heterocycles. The Labute approximate surface area is 133 Å². The van der Waals surface area contributed by atoms with Crippen LogP contribution in [0, 0.1) is 11.3 Å². The van der Waals surface area contributed by atoms with Gasteiger partial charge in [0.05, 0.1) is 13.0 Å². The van der Waals surface area contributed by atoms with E-state index in [4.69, 9.17) is 4.74 Å². The number of ether oxygens (including phenoxy) is 1. The molecule has 0 N–H and O–H groups in total. The van der Waals surface area contributed by atoms with Gasteiger partial charge in [-0.3, -0.25) is 4.79 Å². The molecular weight excluding hydrogens is 276 g/mol. The van der Waals surface area contributed by atoms with Crippen molar-refractivity contribution in [1.29, 1.82) is 0 Å². The van der Waals surface area contributed by atoms with Crippen molar-refractivity contribution in [1.82, 2.24) is 0 Å². The van der Waals surface area contributed by atoms with Gasteiger partial charge < -0.3 is 9.53 Å². The first-order valence-corrected chi connectivity index (χ1v) is 7.66. The topological polar surface area (TPSA) is 43.4 Å². The zero-order valence-corrected chi connectivity index (χ0v) is 14.2. The third kappa shape index (κ3) is 5.84.